The highest BCUT2D eigenvalue weighted by Gasteiger charge is 2.65. The minimum absolute atomic E-state index is 0.00902. The summed E-state index contributed by atoms with van der Waals surface area (Å²) in [5.41, 5.74) is 0.378. The highest BCUT2D eigenvalue weighted by molar-refractivity contribution is 6.30. The van der Waals surface area contributed by atoms with E-state index in [9.17, 15) is 27.6 Å². The second kappa shape index (κ2) is 9.07. The summed E-state index contributed by atoms with van der Waals surface area (Å²) < 4.78 is 41.3. The largest absolute Gasteiger partial charge is 0.573 e. The molecule has 1 aliphatic heterocycles. The highest BCUT2D eigenvalue weighted by Crippen LogP contribution is 2.50. The second-order valence-corrected chi connectivity index (χ2v) is 9.01. The summed E-state index contributed by atoms with van der Waals surface area (Å²) in [6.45, 7) is 0.00902. The van der Waals surface area contributed by atoms with Crippen LogP contribution in [0.15, 0.2) is 67.0 Å². The van der Waals surface area contributed by atoms with Crippen LogP contribution in [0.5, 0.6) is 5.75 Å². The van der Waals surface area contributed by atoms with Crippen molar-refractivity contribution in [1.82, 2.24) is 9.88 Å². The zero-order valence-corrected chi connectivity index (χ0v) is 19.7. The highest BCUT2D eigenvalue weighted by atomic mass is 35.5. The smallest absolute Gasteiger partial charge is 0.406 e. The van der Waals surface area contributed by atoms with Crippen LogP contribution < -0.4 is 15.0 Å². The summed E-state index contributed by atoms with van der Waals surface area (Å²) in [6.07, 6.45) is -1.02. The Morgan fingerprint density at radius 3 is 2.35 bits per heavy atom. The van der Waals surface area contributed by atoms with Gasteiger partial charge in [0.25, 0.3) is 11.8 Å². The summed E-state index contributed by atoms with van der Waals surface area (Å²) in [4.78, 5) is 45.8. The first-order valence-corrected chi connectivity index (χ1v) is 11.5. The van der Waals surface area contributed by atoms with Crippen molar-refractivity contribution in [2.75, 3.05) is 10.2 Å². The Kier molecular flexibility index (Phi) is 6.03. The molecule has 2 aromatic carbocycles. The third-order valence-corrected chi connectivity index (χ3v) is 6.44. The minimum atomic E-state index is -4.86. The van der Waals surface area contributed by atoms with Gasteiger partial charge in [-0.25, -0.2) is 9.69 Å². The third-order valence-electron chi connectivity index (χ3n) is 6.19. The van der Waals surface area contributed by atoms with E-state index in [1.54, 1.807) is 30.3 Å². The predicted octanol–water partition coefficient (Wildman–Crippen LogP) is 5.39. The average Bonchev–Trinajstić information content (AvgIpc) is 3.62. The molecule has 2 fully saturated rings. The van der Waals surface area contributed by atoms with E-state index < -0.39 is 35.5 Å². The van der Waals surface area contributed by atoms with Gasteiger partial charge in [0.2, 0.25) is 0 Å². The second-order valence-electron chi connectivity index (χ2n) is 8.58. The van der Waals surface area contributed by atoms with Crippen LogP contribution in [-0.2, 0) is 11.3 Å². The number of benzene rings is 2. The van der Waals surface area contributed by atoms with E-state index in [4.69, 9.17) is 11.6 Å². The van der Waals surface area contributed by atoms with Gasteiger partial charge in [0.05, 0.1) is 24.1 Å². The van der Waals surface area contributed by atoms with Crippen molar-refractivity contribution in [3.05, 3.63) is 83.1 Å². The van der Waals surface area contributed by atoms with Crippen LogP contribution in [0.1, 0.15) is 28.8 Å². The Morgan fingerprint density at radius 1 is 1.05 bits per heavy atom. The number of urea groups is 1. The molecule has 1 saturated carbocycles. The van der Waals surface area contributed by atoms with Crippen LogP contribution in [0.2, 0.25) is 5.02 Å². The van der Waals surface area contributed by atoms with E-state index in [1.807, 2.05) is 0 Å². The Morgan fingerprint density at radius 2 is 1.73 bits per heavy atom. The number of carbonyl (C=O) groups excluding carboxylic acids is 3. The molecule has 2 aliphatic rings. The van der Waals surface area contributed by atoms with Crippen LogP contribution in [0.3, 0.4) is 0 Å². The summed E-state index contributed by atoms with van der Waals surface area (Å²) in [5, 5.41) is 3.26. The number of carbonyl (C=O) groups is 3. The molecule has 0 radical (unpaired) electrons. The average molecular weight is 531 g/mol. The number of ether oxygens (including phenoxy) is 1. The monoisotopic (exact) mass is 530 g/mol. The zero-order chi connectivity index (χ0) is 26.4. The number of hydrogen-bond acceptors (Lipinski definition) is 5. The molecule has 0 unspecified atom stereocenters. The summed E-state index contributed by atoms with van der Waals surface area (Å²) in [6, 6.07) is 11.9. The maximum Gasteiger partial charge on any atom is 0.573 e. The minimum Gasteiger partial charge on any atom is -0.406 e. The van der Waals surface area contributed by atoms with E-state index in [0.717, 1.165) is 17.0 Å². The number of nitrogens with one attached hydrogen (secondary N) is 1. The van der Waals surface area contributed by atoms with E-state index in [1.165, 1.54) is 29.4 Å². The molecule has 1 spiro atoms. The fraction of sp³-hybridized carbons (Fsp3) is 0.200. The molecule has 37 heavy (non-hydrogen) atoms. The number of halogens is 4. The first-order chi connectivity index (χ1) is 17.6. The van der Waals surface area contributed by atoms with Gasteiger partial charge >= 0.3 is 12.4 Å². The van der Waals surface area contributed by atoms with Crippen LogP contribution in [-0.4, -0.2) is 39.6 Å². The zero-order valence-electron chi connectivity index (χ0n) is 19.0. The molecule has 5 rings (SSSR count). The molecule has 0 bridgehead atoms. The Hall–Kier alpha value is -4.12. The lowest BCUT2D eigenvalue weighted by atomic mass is 10.1. The number of pyridine rings is 1. The number of rotatable bonds is 6. The fourth-order valence-electron chi connectivity index (χ4n) is 4.20. The van der Waals surface area contributed by atoms with Crippen LogP contribution in [0.4, 0.5) is 29.3 Å². The maximum atomic E-state index is 13.4. The van der Waals surface area contributed by atoms with Gasteiger partial charge in [-0.3, -0.25) is 14.6 Å². The summed E-state index contributed by atoms with van der Waals surface area (Å²) >= 11 is 5.88. The number of nitrogens with zero attached hydrogens (tertiary/aromatic N) is 3. The Balaban J connectivity index is 1.37. The molecule has 4 amide bonds. The fourth-order valence-corrected chi connectivity index (χ4v) is 4.33. The van der Waals surface area contributed by atoms with Crippen LogP contribution in [0, 0.1) is 0 Å². The number of alkyl halides is 3. The number of imide groups is 1. The maximum absolute atomic E-state index is 13.4. The van der Waals surface area contributed by atoms with Crippen LogP contribution in [0.25, 0.3) is 0 Å². The van der Waals surface area contributed by atoms with Gasteiger partial charge < -0.3 is 15.0 Å². The Labute approximate surface area is 213 Å². The molecule has 190 valence electrons. The van der Waals surface area contributed by atoms with Gasteiger partial charge in [-0.2, -0.15) is 0 Å². The number of hydrogen-bond donors (Lipinski definition) is 1. The lowest BCUT2D eigenvalue weighted by Gasteiger charge is -2.22. The number of aromatic nitrogens is 1. The van der Waals surface area contributed by atoms with Crippen LogP contribution >= 0.6 is 11.6 Å². The first-order valence-electron chi connectivity index (χ1n) is 11.1. The molecule has 8 nitrogen and oxygen atoms in total. The van der Waals surface area contributed by atoms with Crippen molar-refractivity contribution < 1.29 is 32.3 Å². The number of anilines is 2. The standard InChI is InChI=1S/C25H18ClF3N4O4/c26-17-3-1-15(2-4-17)21(34)31-20-13-30-12-9-16(20)14-32-23(36)33(22(35)24(32)10-11-24)18-5-7-19(8-6-18)37-25(27,28)29/h1-9,12-13H,10-11,14H2,(H,31,34). The van der Waals surface area contributed by atoms with Gasteiger partial charge in [0.15, 0.2) is 0 Å². The molecular weight excluding hydrogens is 513 g/mol. The van der Waals surface area contributed by atoms with Crippen molar-refractivity contribution in [2.24, 2.45) is 0 Å². The molecule has 12 heteroatoms. The lowest BCUT2D eigenvalue weighted by molar-refractivity contribution is -0.274. The first kappa shape index (κ1) is 24.6. The molecule has 1 aliphatic carbocycles. The van der Waals surface area contributed by atoms with Crippen molar-refractivity contribution >= 4 is 40.8 Å². The van der Waals surface area contributed by atoms with Crippen molar-refractivity contribution in [1.29, 1.82) is 0 Å². The quantitative estimate of drug-likeness (QED) is 0.432. The van der Waals surface area contributed by atoms with Gasteiger partial charge in [-0.05, 0) is 73.0 Å². The molecule has 1 aromatic heterocycles. The summed E-state index contributed by atoms with van der Waals surface area (Å²) in [5.74, 6) is -1.33. The molecule has 3 aromatic rings. The van der Waals surface area contributed by atoms with Gasteiger partial charge in [0.1, 0.15) is 11.3 Å². The lowest BCUT2D eigenvalue weighted by Crippen LogP contribution is -2.36. The SMILES string of the molecule is O=C(Nc1cnccc1CN1C(=O)N(c2ccc(OC(F)(F)F)cc2)C(=O)C12CC2)c1ccc(Cl)cc1. The van der Waals surface area contributed by atoms with Gasteiger partial charge in [-0.15, -0.1) is 13.2 Å². The van der Waals surface area contributed by atoms with Gasteiger partial charge in [0, 0.05) is 16.8 Å². The third kappa shape index (κ3) is 4.82. The molecule has 0 atom stereocenters. The number of amides is 4. The normalized spacial score (nSPS) is 16.3. The van der Waals surface area contributed by atoms with Crippen molar-refractivity contribution in [2.45, 2.75) is 31.3 Å². The molecule has 1 saturated heterocycles. The predicted molar refractivity (Wildman–Crippen MR) is 127 cm³/mol. The van der Waals surface area contributed by atoms with E-state index in [2.05, 4.69) is 15.0 Å². The van der Waals surface area contributed by atoms with Gasteiger partial charge in [-0.1, -0.05) is 11.6 Å². The molecule has 2 heterocycles. The van der Waals surface area contributed by atoms with E-state index in [0.29, 0.717) is 34.7 Å². The van der Waals surface area contributed by atoms with Crippen molar-refractivity contribution in [3.8, 4) is 5.75 Å². The Bertz CT molecular complexity index is 1380. The van der Waals surface area contributed by atoms with E-state index >= 15 is 0 Å². The van der Waals surface area contributed by atoms with Crippen molar-refractivity contribution in [3.63, 3.8) is 0 Å². The summed E-state index contributed by atoms with van der Waals surface area (Å²) in [7, 11) is 0. The molecule has 1 N–H and O–H groups in total. The van der Waals surface area contributed by atoms with E-state index in [-0.39, 0.29) is 12.2 Å². The topological polar surface area (TPSA) is 91.8 Å². The molecular formula is C25H18ClF3N4O4.